The number of hydrogen-bond donors (Lipinski definition) is 1. The summed E-state index contributed by atoms with van der Waals surface area (Å²) in [7, 11) is -4.38. The minimum atomic E-state index is -4.38. The van der Waals surface area contributed by atoms with Gasteiger partial charge in [-0.1, -0.05) is 12.1 Å². The number of carbonyl (C=O) groups is 3. The van der Waals surface area contributed by atoms with Crippen LogP contribution >= 0.6 is 11.8 Å². The molecule has 0 unspecified atom stereocenters. The molecule has 56 heavy (non-hydrogen) atoms. The molecule has 1 aliphatic carbocycles. The van der Waals surface area contributed by atoms with Crippen molar-refractivity contribution in [3.63, 3.8) is 0 Å². The predicted molar refractivity (Wildman–Crippen MR) is 215 cm³/mol. The zero-order chi connectivity index (χ0) is 39.2. The number of ether oxygens (including phenoxy) is 2. The zero-order valence-electron chi connectivity index (χ0n) is 31.9. The van der Waals surface area contributed by atoms with E-state index >= 15 is 0 Å². The van der Waals surface area contributed by atoms with Crippen molar-refractivity contribution in [3.05, 3.63) is 71.8 Å². The van der Waals surface area contributed by atoms with E-state index < -0.39 is 27.2 Å². The molecule has 5 aliphatic rings. The molecule has 3 aromatic carbocycles. The van der Waals surface area contributed by atoms with Gasteiger partial charge in [0.15, 0.2) is 0 Å². The highest BCUT2D eigenvalue weighted by Crippen LogP contribution is 2.43. The Kier molecular flexibility index (Phi) is 10.8. The van der Waals surface area contributed by atoms with E-state index in [2.05, 4.69) is 45.0 Å². The maximum absolute atomic E-state index is 14.3. The minimum absolute atomic E-state index is 0.140. The van der Waals surface area contributed by atoms with Crippen LogP contribution < -0.4 is 24.2 Å². The Morgan fingerprint density at radius 2 is 1.52 bits per heavy atom. The molecule has 3 aromatic rings. The molecule has 4 heterocycles. The summed E-state index contributed by atoms with van der Waals surface area (Å²) in [5.74, 6) is 2.11. The van der Waals surface area contributed by atoms with E-state index in [1.54, 1.807) is 11.8 Å². The average Bonchev–Trinajstić information content (AvgIpc) is 3.89. The van der Waals surface area contributed by atoms with Crippen molar-refractivity contribution in [1.29, 1.82) is 0 Å². The van der Waals surface area contributed by atoms with E-state index in [0.29, 0.717) is 70.5 Å². The van der Waals surface area contributed by atoms with E-state index in [4.69, 9.17) is 9.47 Å². The summed E-state index contributed by atoms with van der Waals surface area (Å²) in [4.78, 5) is 51.0. The quantitative estimate of drug-likeness (QED) is 0.199. The summed E-state index contributed by atoms with van der Waals surface area (Å²) in [5, 5.41) is 0. The number of anilines is 3. The highest BCUT2D eigenvalue weighted by atomic mass is 32.2. The molecule has 4 fully saturated rings. The molecular weight excluding hydrogens is 755 g/mol. The van der Waals surface area contributed by atoms with E-state index in [1.807, 2.05) is 24.8 Å². The molecule has 4 aliphatic heterocycles. The summed E-state index contributed by atoms with van der Waals surface area (Å²) in [5.41, 5.74) is 3.69. The van der Waals surface area contributed by atoms with E-state index in [0.717, 1.165) is 52.2 Å². The third kappa shape index (κ3) is 7.51. The Bertz CT molecular complexity index is 2100. The number of fused-ring (bicyclic) bond motifs is 1. The van der Waals surface area contributed by atoms with Gasteiger partial charge in [-0.3, -0.25) is 28.7 Å². The summed E-state index contributed by atoms with van der Waals surface area (Å²) >= 11 is 1.78. The fraction of sp³-hybridized carbons (Fsp3) is 0.488. The van der Waals surface area contributed by atoms with Crippen LogP contribution in [0, 0.1) is 5.41 Å². The first kappa shape index (κ1) is 38.7. The standard InChI is InChI=1S/C41H49N5O8S2/c1-3-53-36-22-29(24-43-27-55-25-35(43)39(48)45-20-19-44(30-9-10-30)33-7-5-6-8-34(33)45)37(54-4-2)21-28(36)23-42-17-15-41(16-18-42)26-46(40(49)38(41)47)31-11-13-32(14-12-31)56(50,51)52/h5-8,11-14,21-22,30,35H,3-4,9-10,15-20,23-27H2,1-2H3,(H,50,51,52)/t35-/m1/s1. The van der Waals surface area contributed by atoms with Gasteiger partial charge in [0, 0.05) is 67.2 Å². The number of hydrogen-bond acceptors (Lipinski definition) is 11. The number of rotatable bonds is 12. The van der Waals surface area contributed by atoms with Crippen LogP contribution in [0.25, 0.3) is 0 Å². The lowest BCUT2D eigenvalue weighted by Gasteiger charge is -2.39. The molecule has 1 N–H and O–H groups in total. The maximum atomic E-state index is 14.3. The number of likely N-dealkylation sites (tertiary alicyclic amines) is 1. The first-order chi connectivity index (χ1) is 27.0. The molecule has 298 valence electrons. The van der Waals surface area contributed by atoms with Crippen molar-refractivity contribution < 1.29 is 36.8 Å². The van der Waals surface area contributed by atoms with Crippen molar-refractivity contribution in [2.45, 2.75) is 69.6 Å². The summed E-state index contributed by atoms with van der Waals surface area (Å²) < 4.78 is 44.8. The molecular formula is C41H49N5O8S2. The largest absolute Gasteiger partial charge is 0.494 e. The number of nitrogens with zero attached hydrogens (tertiary/aromatic N) is 5. The molecule has 0 radical (unpaired) electrons. The van der Waals surface area contributed by atoms with Crippen molar-refractivity contribution in [3.8, 4) is 11.5 Å². The van der Waals surface area contributed by atoms with Gasteiger partial charge in [-0.15, -0.1) is 11.8 Å². The molecule has 1 atom stereocenters. The molecule has 3 saturated heterocycles. The van der Waals surface area contributed by atoms with Crippen LogP contribution in [0.4, 0.5) is 17.1 Å². The van der Waals surface area contributed by atoms with Crippen LogP contribution in [0.3, 0.4) is 0 Å². The van der Waals surface area contributed by atoms with Crippen LogP contribution in [-0.2, 0) is 37.6 Å². The van der Waals surface area contributed by atoms with Gasteiger partial charge in [0.25, 0.3) is 16.0 Å². The van der Waals surface area contributed by atoms with Gasteiger partial charge in [0.05, 0.1) is 40.9 Å². The summed E-state index contributed by atoms with van der Waals surface area (Å²) in [6, 6.07) is 18.1. The Hall–Kier alpha value is -4.15. The third-order valence-electron chi connectivity index (χ3n) is 11.8. The van der Waals surface area contributed by atoms with Crippen molar-refractivity contribution in [2.75, 3.05) is 72.3 Å². The number of carbonyl (C=O) groups excluding carboxylic acids is 3. The Labute approximate surface area is 332 Å². The van der Waals surface area contributed by atoms with E-state index in [1.165, 1.54) is 42.0 Å². The van der Waals surface area contributed by atoms with Gasteiger partial charge >= 0.3 is 0 Å². The monoisotopic (exact) mass is 803 g/mol. The number of thioether (sulfide) groups is 1. The van der Waals surface area contributed by atoms with Crippen LogP contribution in [0.1, 0.15) is 50.7 Å². The summed E-state index contributed by atoms with van der Waals surface area (Å²) in [6.45, 7) is 8.95. The Balaban J connectivity index is 0.957. The number of ketones is 1. The highest BCUT2D eigenvalue weighted by molar-refractivity contribution is 7.99. The predicted octanol–water partition coefficient (Wildman–Crippen LogP) is 4.82. The molecule has 1 saturated carbocycles. The molecule has 1 spiro atoms. The smallest absolute Gasteiger partial charge is 0.295 e. The number of piperidine rings is 1. The van der Waals surface area contributed by atoms with E-state index in [-0.39, 0.29) is 23.4 Å². The van der Waals surface area contributed by atoms with Gasteiger partial charge in [0.1, 0.15) is 11.5 Å². The normalized spacial score (nSPS) is 21.6. The van der Waals surface area contributed by atoms with Crippen LogP contribution in [-0.4, -0.2) is 110 Å². The topological polar surface area (TPSA) is 140 Å². The van der Waals surface area contributed by atoms with Gasteiger partial charge in [0.2, 0.25) is 11.7 Å². The molecule has 13 nitrogen and oxygen atoms in total. The second-order valence-electron chi connectivity index (χ2n) is 15.3. The Morgan fingerprint density at radius 1 is 0.875 bits per heavy atom. The fourth-order valence-electron chi connectivity index (χ4n) is 8.68. The molecule has 0 aromatic heterocycles. The second-order valence-corrected chi connectivity index (χ2v) is 17.8. The maximum Gasteiger partial charge on any atom is 0.295 e. The Morgan fingerprint density at radius 3 is 2.14 bits per heavy atom. The van der Waals surface area contributed by atoms with Gasteiger partial charge in [-0.05, 0) is 101 Å². The number of amides is 2. The lowest BCUT2D eigenvalue weighted by atomic mass is 9.76. The molecule has 0 bridgehead atoms. The van der Waals surface area contributed by atoms with Crippen molar-refractivity contribution in [1.82, 2.24) is 9.80 Å². The first-order valence-corrected chi connectivity index (χ1v) is 22.2. The summed E-state index contributed by atoms with van der Waals surface area (Å²) in [6.07, 6.45) is 3.42. The SMILES string of the molecule is CCOc1cc(CN2CSC[C@@H]2C(=O)N2CCN(C3CC3)c3ccccc32)c(OCC)cc1CN1CCC2(CC1)CN(c1ccc(S(=O)(=O)O)cc1)C(=O)C2=O. The average molecular weight is 804 g/mol. The van der Waals surface area contributed by atoms with Crippen molar-refractivity contribution >= 4 is 56.5 Å². The van der Waals surface area contributed by atoms with Crippen LogP contribution in [0.15, 0.2) is 65.6 Å². The van der Waals surface area contributed by atoms with Gasteiger partial charge < -0.3 is 24.2 Å². The molecule has 8 rings (SSSR count). The zero-order valence-corrected chi connectivity index (χ0v) is 33.5. The number of benzene rings is 3. The van der Waals surface area contributed by atoms with E-state index in [9.17, 15) is 27.4 Å². The van der Waals surface area contributed by atoms with Crippen LogP contribution in [0.5, 0.6) is 11.5 Å². The second kappa shape index (κ2) is 15.7. The highest BCUT2D eigenvalue weighted by Gasteiger charge is 2.53. The van der Waals surface area contributed by atoms with Crippen LogP contribution in [0.2, 0.25) is 0 Å². The van der Waals surface area contributed by atoms with Gasteiger partial charge in [-0.25, -0.2) is 0 Å². The fourth-order valence-corrected chi connectivity index (χ4v) is 10.3. The molecule has 2 amide bonds. The number of Topliss-reactive ketones (excluding diaryl/α,β-unsaturated/α-hetero) is 1. The molecule has 15 heteroatoms. The lowest BCUT2D eigenvalue weighted by Crippen LogP contribution is -2.52. The minimum Gasteiger partial charge on any atom is -0.494 e. The third-order valence-corrected chi connectivity index (χ3v) is 13.7. The van der Waals surface area contributed by atoms with Gasteiger partial charge in [-0.2, -0.15) is 8.42 Å². The number of para-hydroxylation sites is 2. The lowest BCUT2D eigenvalue weighted by molar-refractivity contribution is -0.139. The first-order valence-electron chi connectivity index (χ1n) is 19.6. The van der Waals surface area contributed by atoms with Crippen molar-refractivity contribution in [2.24, 2.45) is 5.41 Å².